The van der Waals surface area contributed by atoms with Crippen molar-refractivity contribution in [1.82, 2.24) is 5.32 Å². The van der Waals surface area contributed by atoms with Crippen molar-refractivity contribution in [3.8, 4) is 5.75 Å². The lowest BCUT2D eigenvalue weighted by Gasteiger charge is -2.33. The number of methoxy groups -OCH3 is 1. The highest BCUT2D eigenvalue weighted by molar-refractivity contribution is 8.13. The molecule has 1 aromatic rings. The Bertz CT molecular complexity index is 466. The predicted molar refractivity (Wildman–Crippen MR) is 92.5 cm³/mol. The van der Waals surface area contributed by atoms with E-state index in [-0.39, 0.29) is 0 Å². The molecule has 0 saturated carbocycles. The minimum Gasteiger partial charge on any atom is -0.497 e. The Labute approximate surface area is 132 Å². The Morgan fingerprint density at radius 1 is 1.24 bits per heavy atom. The van der Waals surface area contributed by atoms with E-state index in [0.717, 1.165) is 30.4 Å². The average molecular weight is 306 g/mol. The molecule has 0 radical (unpaired) electrons. The molecule has 2 rings (SSSR count). The standard InChI is InChI=1S/C17H26N2OS/c1-4-17(5-2)12-19-16(21-13-17)18-11-10-14-6-8-15(20-3)9-7-14/h6-9H,4-5,10-13H2,1-3H3,(H,18,19). The number of hydrogen-bond acceptors (Lipinski definition) is 4. The molecule has 3 nitrogen and oxygen atoms in total. The number of aliphatic imine (C=N–C) groups is 1. The molecule has 0 fully saturated rings. The number of amidine groups is 1. The molecular formula is C17H26N2OS. The van der Waals surface area contributed by atoms with Gasteiger partial charge in [-0.3, -0.25) is 4.99 Å². The van der Waals surface area contributed by atoms with Gasteiger partial charge in [0.15, 0.2) is 5.17 Å². The topological polar surface area (TPSA) is 33.6 Å². The summed E-state index contributed by atoms with van der Waals surface area (Å²) in [5.41, 5.74) is 1.74. The van der Waals surface area contributed by atoms with E-state index in [2.05, 4.69) is 31.3 Å². The maximum Gasteiger partial charge on any atom is 0.156 e. The molecular weight excluding hydrogens is 280 g/mol. The van der Waals surface area contributed by atoms with E-state index < -0.39 is 0 Å². The normalized spacial score (nSPS) is 17.2. The van der Waals surface area contributed by atoms with Crippen LogP contribution in [0, 0.1) is 5.41 Å². The Morgan fingerprint density at radius 2 is 1.95 bits per heavy atom. The van der Waals surface area contributed by atoms with Crippen molar-refractivity contribution in [2.45, 2.75) is 33.1 Å². The van der Waals surface area contributed by atoms with Crippen molar-refractivity contribution in [2.24, 2.45) is 10.4 Å². The van der Waals surface area contributed by atoms with E-state index in [4.69, 9.17) is 9.73 Å². The number of ether oxygens (including phenoxy) is 1. The van der Waals surface area contributed by atoms with E-state index in [1.54, 1.807) is 7.11 Å². The molecule has 21 heavy (non-hydrogen) atoms. The molecule has 0 amide bonds. The Balaban J connectivity index is 1.77. The van der Waals surface area contributed by atoms with Gasteiger partial charge in [-0.25, -0.2) is 0 Å². The number of thioether (sulfide) groups is 1. The Hall–Kier alpha value is -1.16. The lowest BCUT2D eigenvalue weighted by Crippen LogP contribution is -2.35. The summed E-state index contributed by atoms with van der Waals surface area (Å²) < 4.78 is 5.17. The van der Waals surface area contributed by atoms with Crippen molar-refractivity contribution in [3.05, 3.63) is 29.8 Å². The third-order valence-electron chi connectivity index (χ3n) is 4.42. The zero-order valence-corrected chi connectivity index (χ0v) is 14.1. The van der Waals surface area contributed by atoms with Gasteiger partial charge < -0.3 is 10.1 Å². The Morgan fingerprint density at radius 3 is 2.48 bits per heavy atom. The maximum atomic E-state index is 5.17. The van der Waals surface area contributed by atoms with Crippen LogP contribution < -0.4 is 10.1 Å². The lowest BCUT2D eigenvalue weighted by molar-refractivity contribution is 0.318. The van der Waals surface area contributed by atoms with Crippen molar-refractivity contribution < 1.29 is 4.74 Å². The number of benzene rings is 1. The first kappa shape index (κ1) is 16.2. The van der Waals surface area contributed by atoms with Crippen LogP contribution in [-0.2, 0) is 6.42 Å². The molecule has 0 aliphatic carbocycles. The molecule has 0 spiro atoms. The Kier molecular flexibility index (Phi) is 5.97. The van der Waals surface area contributed by atoms with Crippen molar-refractivity contribution >= 4 is 16.9 Å². The van der Waals surface area contributed by atoms with Crippen LogP contribution in [-0.4, -0.2) is 31.1 Å². The van der Waals surface area contributed by atoms with Gasteiger partial charge in [-0.2, -0.15) is 0 Å². The second kappa shape index (κ2) is 7.74. The van der Waals surface area contributed by atoms with Gasteiger partial charge in [-0.05, 0) is 42.4 Å². The maximum absolute atomic E-state index is 5.17. The van der Waals surface area contributed by atoms with E-state index >= 15 is 0 Å². The molecule has 0 aromatic heterocycles. The first-order valence-electron chi connectivity index (χ1n) is 7.75. The third-order valence-corrected chi connectivity index (χ3v) is 5.73. The quantitative estimate of drug-likeness (QED) is 0.869. The fraction of sp³-hybridized carbons (Fsp3) is 0.588. The van der Waals surface area contributed by atoms with E-state index in [9.17, 15) is 0 Å². The van der Waals surface area contributed by atoms with Crippen LogP contribution in [0.15, 0.2) is 29.3 Å². The van der Waals surface area contributed by atoms with Crippen molar-refractivity contribution in [1.29, 1.82) is 0 Å². The molecule has 1 aliphatic heterocycles. The second-order valence-corrected chi connectivity index (χ2v) is 6.61. The monoisotopic (exact) mass is 306 g/mol. The van der Waals surface area contributed by atoms with E-state index in [1.807, 2.05) is 23.9 Å². The fourth-order valence-corrected chi connectivity index (χ4v) is 3.75. The third kappa shape index (κ3) is 4.40. The molecule has 1 N–H and O–H groups in total. The van der Waals surface area contributed by atoms with Gasteiger partial charge in [0.1, 0.15) is 5.75 Å². The molecule has 0 atom stereocenters. The fourth-order valence-electron chi connectivity index (χ4n) is 2.44. The van der Waals surface area contributed by atoms with E-state index in [0.29, 0.717) is 5.41 Å². The van der Waals surface area contributed by atoms with Gasteiger partial charge >= 0.3 is 0 Å². The number of hydrogen-bond donors (Lipinski definition) is 1. The summed E-state index contributed by atoms with van der Waals surface area (Å²) in [6.07, 6.45) is 3.45. The molecule has 4 heteroatoms. The summed E-state index contributed by atoms with van der Waals surface area (Å²) in [7, 11) is 1.70. The average Bonchev–Trinajstić information content (AvgIpc) is 2.56. The first-order valence-corrected chi connectivity index (χ1v) is 8.74. The van der Waals surface area contributed by atoms with Crippen LogP contribution in [0.2, 0.25) is 0 Å². The van der Waals surface area contributed by atoms with Crippen molar-refractivity contribution in [3.63, 3.8) is 0 Å². The number of rotatable bonds is 6. The highest BCUT2D eigenvalue weighted by Gasteiger charge is 2.29. The number of nitrogens with zero attached hydrogens (tertiary/aromatic N) is 1. The van der Waals surface area contributed by atoms with Crippen LogP contribution in [0.25, 0.3) is 0 Å². The van der Waals surface area contributed by atoms with Crippen LogP contribution in [0.1, 0.15) is 32.3 Å². The summed E-state index contributed by atoms with van der Waals surface area (Å²) in [4.78, 5) is 4.73. The highest BCUT2D eigenvalue weighted by Crippen LogP contribution is 2.34. The zero-order chi connectivity index (χ0) is 15.1. The molecule has 1 heterocycles. The zero-order valence-electron chi connectivity index (χ0n) is 13.3. The first-order chi connectivity index (χ1) is 10.2. The molecule has 116 valence electrons. The molecule has 1 aromatic carbocycles. The van der Waals surface area contributed by atoms with Gasteiger partial charge in [-0.15, -0.1) is 0 Å². The van der Waals surface area contributed by atoms with Crippen LogP contribution in [0.5, 0.6) is 5.75 Å². The van der Waals surface area contributed by atoms with Gasteiger partial charge in [0.05, 0.1) is 7.11 Å². The summed E-state index contributed by atoms with van der Waals surface area (Å²) >= 11 is 1.88. The number of nitrogens with one attached hydrogen (secondary N) is 1. The SMILES string of the molecule is CCC1(CC)CN=C(NCCc2ccc(OC)cc2)SC1. The van der Waals surface area contributed by atoms with Crippen LogP contribution in [0.4, 0.5) is 0 Å². The molecule has 0 bridgehead atoms. The van der Waals surface area contributed by atoms with Gasteiger partial charge in [0.2, 0.25) is 0 Å². The smallest absolute Gasteiger partial charge is 0.156 e. The van der Waals surface area contributed by atoms with Gasteiger partial charge in [0, 0.05) is 18.8 Å². The molecule has 0 saturated heterocycles. The summed E-state index contributed by atoms with van der Waals surface area (Å²) in [5.74, 6) is 2.10. The highest BCUT2D eigenvalue weighted by atomic mass is 32.2. The second-order valence-electron chi connectivity index (χ2n) is 5.64. The minimum absolute atomic E-state index is 0.422. The minimum atomic E-state index is 0.422. The molecule has 1 aliphatic rings. The summed E-state index contributed by atoms with van der Waals surface area (Å²) in [6.45, 7) is 6.46. The van der Waals surface area contributed by atoms with Gasteiger partial charge in [0.25, 0.3) is 0 Å². The summed E-state index contributed by atoms with van der Waals surface area (Å²) in [6, 6.07) is 8.27. The van der Waals surface area contributed by atoms with Gasteiger partial charge in [-0.1, -0.05) is 37.7 Å². The largest absolute Gasteiger partial charge is 0.497 e. The lowest BCUT2D eigenvalue weighted by atomic mass is 9.84. The van der Waals surface area contributed by atoms with Crippen molar-refractivity contribution in [2.75, 3.05) is 26.0 Å². The van der Waals surface area contributed by atoms with E-state index in [1.165, 1.54) is 24.2 Å². The van der Waals surface area contributed by atoms with Crippen LogP contribution in [0.3, 0.4) is 0 Å². The van der Waals surface area contributed by atoms with Crippen LogP contribution >= 0.6 is 11.8 Å². The molecule has 0 unspecified atom stereocenters. The summed E-state index contributed by atoms with van der Waals surface area (Å²) in [5, 5.41) is 4.58. The predicted octanol–water partition coefficient (Wildman–Crippen LogP) is 3.74.